The summed E-state index contributed by atoms with van der Waals surface area (Å²) in [6, 6.07) is 15.9. The lowest BCUT2D eigenvalue weighted by Crippen LogP contribution is -3.00. The summed E-state index contributed by atoms with van der Waals surface area (Å²) in [4.78, 5) is 11.8. The van der Waals surface area contributed by atoms with Gasteiger partial charge in [0.1, 0.15) is 6.04 Å². The van der Waals surface area contributed by atoms with Crippen molar-refractivity contribution < 1.29 is 22.5 Å². The van der Waals surface area contributed by atoms with Crippen LogP contribution in [-0.2, 0) is 11.2 Å². The number of nitrogens with two attached hydrogens (primary N) is 2. The van der Waals surface area contributed by atoms with E-state index in [-0.39, 0.29) is 24.4 Å². The molecule has 0 bridgehead atoms. The molecule has 0 radical (unpaired) electrons. The molecule has 19 heavy (non-hydrogen) atoms. The molecule has 0 saturated carbocycles. The lowest BCUT2D eigenvalue weighted by Gasteiger charge is -2.22. The Morgan fingerprint density at radius 1 is 1.05 bits per heavy atom. The molecule has 1 atom stereocenters. The zero-order valence-electron chi connectivity index (χ0n) is 10.3. The van der Waals surface area contributed by atoms with Gasteiger partial charge in [-0.2, -0.15) is 0 Å². The topological polar surface area (TPSA) is 59.7 Å². The average molecular weight is 275 g/mol. The molecule has 98 valence electrons. The zero-order chi connectivity index (χ0) is 12.5. The molecule has 0 spiro atoms. The maximum Gasteiger partial charge on any atom is 0.315 e. The first kappa shape index (κ1) is 13.6. The Labute approximate surface area is 118 Å². The Hall–Kier alpha value is -1.84. The van der Waals surface area contributed by atoms with Crippen LogP contribution < -0.4 is 23.5 Å². The first-order chi connectivity index (χ1) is 8.74. The van der Waals surface area contributed by atoms with Crippen molar-refractivity contribution in [3.63, 3.8) is 0 Å². The molecule has 1 heterocycles. The summed E-state index contributed by atoms with van der Waals surface area (Å²) in [5, 5.41) is 1.81. The van der Waals surface area contributed by atoms with Gasteiger partial charge >= 0.3 is 5.91 Å². The number of hydrogen-bond acceptors (Lipinski definition) is 2. The molecule has 0 fully saturated rings. The highest BCUT2D eigenvalue weighted by Gasteiger charge is 2.29. The van der Waals surface area contributed by atoms with Gasteiger partial charge in [0.05, 0.1) is 6.42 Å². The summed E-state index contributed by atoms with van der Waals surface area (Å²) in [5.74, 6) is 0.190. The van der Waals surface area contributed by atoms with Gasteiger partial charge in [0.15, 0.2) is 0 Å². The van der Waals surface area contributed by atoms with Gasteiger partial charge in [0.25, 0.3) is 0 Å². The van der Waals surface area contributed by atoms with E-state index in [9.17, 15) is 4.79 Å². The molecule has 3 nitrogen and oxygen atoms in total. The summed E-state index contributed by atoms with van der Waals surface area (Å²) in [7, 11) is 0. The summed E-state index contributed by atoms with van der Waals surface area (Å²) < 4.78 is 0. The number of quaternary nitrogens is 1. The van der Waals surface area contributed by atoms with Crippen molar-refractivity contribution in [2.45, 2.75) is 12.5 Å². The largest absolute Gasteiger partial charge is 1.00 e. The van der Waals surface area contributed by atoms with Crippen LogP contribution in [0, 0.1) is 0 Å². The van der Waals surface area contributed by atoms with E-state index in [2.05, 4.69) is 6.07 Å². The second-order valence-corrected chi connectivity index (χ2v) is 4.65. The van der Waals surface area contributed by atoms with E-state index in [1.54, 1.807) is 0 Å². The molecule has 1 unspecified atom stereocenters. The molecule has 1 aliphatic rings. The first-order valence-corrected chi connectivity index (χ1v) is 6.05. The lowest BCUT2D eigenvalue weighted by atomic mass is 9.89. The number of benzene rings is 2. The van der Waals surface area contributed by atoms with Crippen molar-refractivity contribution in [3.05, 3.63) is 65.2 Å². The van der Waals surface area contributed by atoms with Crippen LogP contribution in [-0.4, -0.2) is 5.91 Å². The van der Waals surface area contributed by atoms with E-state index >= 15 is 0 Å². The number of primary amides is 1. The molecule has 4 heteroatoms. The van der Waals surface area contributed by atoms with E-state index < -0.39 is 0 Å². The Kier molecular flexibility index (Phi) is 3.88. The van der Waals surface area contributed by atoms with Crippen LogP contribution in [0.1, 0.15) is 22.7 Å². The summed E-state index contributed by atoms with van der Waals surface area (Å²) in [6.07, 6.45) is 0.516. The fraction of sp³-hybridized carbons (Fsp3) is 0.133. The van der Waals surface area contributed by atoms with Crippen LogP contribution in [0.25, 0.3) is 0 Å². The fourth-order valence-corrected chi connectivity index (χ4v) is 2.50. The second-order valence-electron chi connectivity index (χ2n) is 4.65. The second kappa shape index (κ2) is 5.43. The van der Waals surface area contributed by atoms with Gasteiger partial charge in [-0.3, -0.25) is 5.32 Å². The third-order valence-corrected chi connectivity index (χ3v) is 3.40. The van der Waals surface area contributed by atoms with Crippen molar-refractivity contribution in [2.24, 2.45) is 0 Å². The molecule has 0 aliphatic carbocycles. The smallest absolute Gasteiger partial charge is 0.315 e. The molecule has 0 aromatic heterocycles. The highest BCUT2D eigenvalue weighted by molar-refractivity contribution is 5.72. The van der Waals surface area contributed by atoms with Gasteiger partial charge in [-0.1, -0.05) is 36.4 Å². The van der Waals surface area contributed by atoms with Crippen LogP contribution >= 0.6 is 0 Å². The number of carbonyl (C=O) groups is 1. The number of halogens is 1. The van der Waals surface area contributed by atoms with Crippen molar-refractivity contribution in [1.82, 2.24) is 0 Å². The van der Waals surface area contributed by atoms with Gasteiger partial charge < -0.3 is 18.1 Å². The van der Waals surface area contributed by atoms with Crippen molar-refractivity contribution in [2.75, 3.05) is 5.73 Å². The molecule has 1 aliphatic heterocycles. The highest BCUT2D eigenvalue weighted by atomic mass is 35.5. The molecule has 2 aromatic carbocycles. The van der Waals surface area contributed by atoms with Gasteiger partial charge in [0.2, 0.25) is 0 Å². The minimum Gasteiger partial charge on any atom is -1.00 e. The zero-order valence-corrected chi connectivity index (χ0v) is 11.1. The number of amides is 1. The Bertz CT molecular complexity index is 595. The minimum absolute atomic E-state index is 0. The van der Waals surface area contributed by atoms with Gasteiger partial charge in [-0.05, 0) is 17.7 Å². The van der Waals surface area contributed by atoms with Crippen molar-refractivity contribution >= 4 is 11.6 Å². The first-order valence-electron chi connectivity index (χ1n) is 6.05. The minimum atomic E-state index is 0. The number of rotatable bonds is 1. The number of fused-ring (bicyclic) bond motifs is 1. The van der Waals surface area contributed by atoms with Crippen LogP contribution in [0.4, 0.5) is 5.69 Å². The number of nitrogen functional groups attached to an aromatic ring is 1. The van der Waals surface area contributed by atoms with E-state index in [1.807, 2.05) is 47.8 Å². The normalized spacial score (nSPS) is 17.5. The highest BCUT2D eigenvalue weighted by Crippen LogP contribution is 2.25. The molecule has 1 amide bonds. The number of carbonyl (C=O) groups excluding carboxylic acids is 1. The van der Waals surface area contributed by atoms with E-state index in [0.29, 0.717) is 6.42 Å². The maximum absolute atomic E-state index is 11.8. The Morgan fingerprint density at radius 2 is 1.74 bits per heavy atom. The predicted molar refractivity (Wildman–Crippen MR) is 69.8 cm³/mol. The van der Waals surface area contributed by atoms with Gasteiger partial charge in [-0.25, -0.2) is 4.79 Å². The summed E-state index contributed by atoms with van der Waals surface area (Å²) >= 11 is 0. The van der Waals surface area contributed by atoms with E-state index in [4.69, 9.17) is 5.73 Å². The van der Waals surface area contributed by atoms with Crippen molar-refractivity contribution in [3.8, 4) is 0 Å². The standard InChI is InChI=1S/C15H14N2O.ClH/c16-12-7-5-10(6-8-12)15-13-4-2-1-3-11(13)9-14(18)17-15;/h1-8,15H,9,16H2,(H,17,18);1H. The van der Waals surface area contributed by atoms with Crippen LogP contribution in [0.3, 0.4) is 0 Å². The fourth-order valence-electron chi connectivity index (χ4n) is 2.50. The third-order valence-electron chi connectivity index (χ3n) is 3.40. The third kappa shape index (κ3) is 2.62. The molecular weight excluding hydrogens is 260 g/mol. The lowest BCUT2D eigenvalue weighted by molar-refractivity contribution is -0.605. The average Bonchev–Trinajstić information content (AvgIpc) is 2.38. The van der Waals surface area contributed by atoms with E-state index in [1.165, 1.54) is 5.56 Å². The van der Waals surface area contributed by atoms with Crippen molar-refractivity contribution in [1.29, 1.82) is 0 Å². The molecule has 3 rings (SSSR count). The Morgan fingerprint density at radius 3 is 2.47 bits per heavy atom. The SMILES string of the molecule is Nc1ccc(C2[NH2+]C(=O)Cc3ccccc32)cc1.[Cl-]. The monoisotopic (exact) mass is 274 g/mol. The molecule has 0 saturated heterocycles. The number of hydrogen-bond donors (Lipinski definition) is 2. The van der Waals surface area contributed by atoms with Crippen LogP contribution in [0.2, 0.25) is 0 Å². The van der Waals surface area contributed by atoms with Gasteiger partial charge in [0, 0.05) is 16.8 Å². The van der Waals surface area contributed by atoms with E-state index in [0.717, 1.165) is 16.8 Å². The quantitative estimate of drug-likeness (QED) is 0.592. The molecule has 2 aromatic rings. The Balaban J connectivity index is 0.00000133. The van der Waals surface area contributed by atoms with Crippen LogP contribution in [0.5, 0.6) is 0 Å². The van der Waals surface area contributed by atoms with Gasteiger partial charge in [-0.15, -0.1) is 0 Å². The maximum atomic E-state index is 11.8. The molecule has 4 N–H and O–H groups in total. The summed E-state index contributed by atoms with van der Waals surface area (Å²) in [5.41, 5.74) is 9.92. The predicted octanol–water partition coefficient (Wildman–Crippen LogP) is -1.99. The van der Waals surface area contributed by atoms with Crippen LogP contribution in [0.15, 0.2) is 48.5 Å². The summed E-state index contributed by atoms with van der Waals surface area (Å²) in [6.45, 7) is 0. The molecular formula is C15H15ClN2O. The number of anilines is 1.